The van der Waals surface area contributed by atoms with Gasteiger partial charge in [-0.05, 0) is 53.6 Å². The van der Waals surface area contributed by atoms with E-state index in [9.17, 15) is 8.42 Å². The highest BCUT2D eigenvalue weighted by Crippen LogP contribution is 2.34. The predicted octanol–water partition coefficient (Wildman–Crippen LogP) is 4.24. The van der Waals surface area contributed by atoms with Gasteiger partial charge in [-0.2, -0.15) is 0 Å². The minimum atomic E-state index is -3.45. The second kappa shape index (κ2) is 6.62. The Morgan fingerprint density at radius 3 is 2.53 bits per heavy atom. The fourth-order valence-electron chi connectivity index (χ4n) is 2.08. The van der Waals surface area contributed by atoms with E-state index in [-0.39, 0.29) is 9.59 Å². The quantitative estimate of drug-likeness (QED) is 0.760. The molecule has 2 rings (SSSR count). The number of rotatable bonds is 4. The molecule has 0 unspecified atom stereocenters. The van der Waals surface area contributed by atoms with Gasteiger partial charge in [0.1, 0.15) is 4.21 Å². The van der Waals surface area contributed by atoms with Crippen molar-refractivity contribution in [2.75, 3.05) is 6.54 Å². The van der Waals surface area contributed by atoms with Gasteiger partial charge in [-0.1, -0.05) is 11.6 Å². The zero-order valence-corrected chi connectivity index (χ0v) is 14.8. The molecule has 1 heterocycles. The molecule has 8 heteroatoms. The first-order valence-corrected chi connectivity index (χ1v) is 9.88. The van der Waals surface area contributed by atoms with Gasteiger partial charge in [-0.25, -0.2) is 13.1 Å². The molecule has 1 fully saturated rings. The van der Waals surface area contributed by atoms with Gasteiger partial charge in [-0.15, -0.1) is 22.9 Å². The first kappa shape index (κ1) is 16.0. The van der Waals surface area contributed by atoms with Crippen molar-refractivity contribution in [2.45, 2.75) is 35.3 Å². The first-order valence-electron chi connectivity index (χ1n) is 5.97. The van der Waals surface area contributed by atoms with E-state index in [2.05, 4.69) is 20.7 Å². The summed E-state index contributed by atoms with van der Waals surface area (Å²) in [4.78, 5) is 0. The van der Waals surface area contributed by atoms with Crippen LogP contribution < -0.4 is 4.72 Å². The van der Waals surface area contributed by atoms with Gasteiger partial charge in [0.2, 0.25) is 10.0 Å². The largest absolute Gasteiger partial charge is 0.250 e. The molecule has 1 aromatic rings. The van der Waals surface area contributed by atoms with Crippen molar-refractivity contribution in [1.82, 2.24) is 4.72 Å². The Balaban J connectivity index is 1.94. The number of alkyl halides is 1. The molecule has 1 saturated carbocycles. The molecule has 0 bridgehead atoms. The van der Waals surface area contributed by atoms with E-state index in [4.69, 9.17) is 23.2 Å². The predicted molar refractivity (Wildman–Crippen MR) is 83.8 cm³/mol. The van der Waals surface area contributed by atoms with Gasteiger partial charge < -0.3 is 0 Å². The average Bonchev–Trinajstić information content (AvgIpc) is 2.70. The normalized spacial score (nSPS) is 24.6. The average molecular weight is 407 g/mol. The molecule has 1 aliphatic carbocycles. The van der Waals surface area contributed by atoms with Crippen LogP contribution in [0.4, 0.5) is 0 Å². The maximum absolute atomic E-state index is 12.1. The zero-order valence-electron chi connectivity index (χ0n) is 10.0. The van der Waals surface area contributed by atoms with Crippen LogP contribution in [-0.4, -0.2) is 20.3 Å². The highest BCUT2D eigenvalue weighted by atomic mass is 79.9. The van der Waals surface area contributed by atoms with Crippen LogP contribution in [0.1, 0.15) is 25.7 Å². The third-order valence-corrected chi connectivity index (χ3v) is 8.03. The Morgan fingerprint density at radius 1 is 1.37 bits per heavy atom. The summed E-state index contributed by atoms with van der Waals surface area (Å²) in [6, 6.07) is 1.47. The number of sulfonamides is 1. The van der Waals surface area contributed by atoms with E-state index in [0.717, 1.165) is 37.0 Å². The van der Waals surface area contributed by atoms with Crippen molar-refractivity contribution in [3.8, 4) is 0 Å². The van der Waals surface area contributed by atoms with Crippen molar-refractivity contribution >= 4 is 60.5 Å². The molecule has 108 valence electrons. The molecular weight excluding hydrogens is 393 g/mol. The van der Waals surface area contributed by atoms with Crippen molar-refractivity contribution in [3.05, 3.63) is 14.9 Å². The molecule has 19 heavy (non-hydrogen) atoms. The maximum Gasteiger partial charge on any atom is 0.250 e. The van der Waals surface area contributed by atoms with E-state index in [1.54, 1.807) is 0 Å². The summed E-state index contributed by atoms with van der Waals surface area (Å²) in [6.07, 6.45) is 3.88. The zero-order chi connectivity index (χ0) is 14.0. The summed E-state index contributed by atoms with van der Waals surface area (Å²) in [5, 5.41) is 0.674. The number of halogens is 3. The molecule has 0 amide bonds. The molecule has 0 spiro atoms. The first-order chi connectivity index (χ1) is 8.88. The van der Waals surface area contributed by atoms with Crippen LogP contribution >= 0.6 is 50.5 Å². The van der Waals surface area contributed by atoms with Crippen LogP contribution in [0.25, 0.3) is 0 Å². The van der Waals surface area contributed by atoms with Crippen LogP contribution in [-0.2, 0) is 10.0 Å². The molecule has 0 radical (unpaired) electrons. The fraction of sp³-hybridized carbons (Fsp3) is 0.636. The Hall–Kier alpha value is 0.670. The van der Waals surface area contributed by atoms with Crippen molar-refractivity contribution in [2.24, 2.45) is 5.92 Å². The lowest BCUT2D eigenvalue weighted by molar-refractivity contribution is 0.361. The van der Waals surface area contributed by atoms with Gasteiger partial charge >= 0.3 is 0 Å². The van der Waals surface area contributed by atoms with Crippen molar-refractivity contribution in [1.29, 1.82) is 0 Å². The SMILES string of the molecule is O=S(=O)(NCC1CCC(Cl)CC1)c1cc(Cl)c(Br)s1. The van der Waals surface area contributed by atoms with Gasteiger partial charge in [0.15, 0.2) is 0 Å². The minimum absolute atomic E-state index is 0.246. The Kier molecular flexibility index (Phi) is 5.59. The summed E-state index contributed by atoms with van der Waals surface area (Å²) in [5.41, 5.74) is 0. The summed E-state index contributed by atoms with van der Waals surface area (Å²) < 4.78 is 27.7. The van der Waals surface area contributed by atoms with E-state index in [1.165, 1.54) is 6.07 Å². The third-order valence-electron chi connectivity index (χ3n) is 3.23. The van der Waals surface area contributed by atoms with Crippen LogP contribution in [0.5, 0.6) is 0 Å². The van der Waals surface area contributed by atoms with E-state index >= 15 is 0 Å². The third kappa shape index (κ3) is 4.32. The molecule has 1 aliphatic rings. The number of hydrogen-bond acceptors (Lipinski definition) is 3. The number of nitrogens with one attached hydrogen (secondary N) is 1. The molecule has 1 aromatic heterocycles. The summed E-state index contributed by atoms with van der Waals surface area (Å²) >= 11 is 16.2. The Labute approximate surface area is 135 Å². The molecular formula is C11H14BrCl2NO2S2. The Bertz CT molecular complexity index is 519. The maximum atomic E-state index is 12.1. The second-order valence-corrected chi connectivity index (χ2v) is 10.0. The molecule has 3 nitrogen and oxygen atoms in total. The Morgan fingerprint density at radius 2 is 2.00 bits per heavy atom. The summed E-state index contributed by atoms with van der Waals surface area (Å²) in [5.74, 6) is 0.378. The van der Waals surface area contributed by atoms with Crippen LogP contribution in [0, 0.1) is 5.92 Å². The monoisotopic (exact) mass is 405 g/mol. The fourth-order valence-corrected chi connectivity index (χ4v) is 5.89. The highest BCUT2D eigenvalue weighted by Gasteiger charge is 2.23. The summed E-state index contributed by atoms with van der Waals surface area (Å²) in [7, 11) is -3.45. The van der Waals surface area contributed by atoms with Gasteiger partial charge in [0.05, 0.1) is 8.81 Å². The van der Waals surface area contributed by atoms with Gasteiger partial charge in [-0.3, -0.25) is 0 Å². The molecule has 0 aromatic carbocycles. The minimum Gasteiger partial charge on any atom is -0.210 e. The molecule has 0 atom stereocenters. The topological polar surface area (TPSA) is 46.2 Å². The number of thiophene rings is 1. The number of hydrogen-bond donors (Lipinski definition) is 1. The molecule has 0 aliphatic heterocycles. The van der Waals surface area contributed by atoms with Crippen LogP contribution in [0.3, 0.4) is 0 Å². The van der Waals surface area contributed by atoms with Crippen molar-refractivity contribution in [3.63, 3.8) is 0 Å². The smallest absolute Gasteiger partial charge is 0.210 e. The van der Waals surface area contributed by atoms with Gasteiger partial charge in [0.25, 0.3) is 0 Å². The van der Waals surface area contributed by atoms with E-state index in [0.29, 0.717) is 21.3 Å². The van der Waals surface area contributed by atoms with Crippen LogP contribution in [0.2, 0.25) is 5.02 Å². The standard InChI is InChI=1S/C11H14BrCl2NO2S2/c12-11-9(14)5-10(18-11)19(16,17)15-6-7-1-3-8(13)4-2-7/h5,7-8,15H,1-4,6H2. The lowest BCUT2D eigenvalue weighted by atomic mass is 9.89. The summed E-state index contributed by atoms with van der Waals surface area (Å²) in [6.45, 7) is 0.471. The van der Waals surface area contributed by atoms with E-state index < -0.39 is 10.0 Å². The highest BCUT2D eigenvalue weighted by molar-refractivity contribution is 9.11. The second-order valence-electron chi connectivity index (χ2n) is 4.66. The lowest BCUT2D eigenvalue weighted by Crippen LogP contribution is -2.31. The van der Waals surface area contributed by atoms with Crippen molar-refractivity contribution < 1.29 is 8.42 Å². The van der Waals surface area contributed by atoms with Gasteiger partial charge in [0, 0.05) is 11.9 Å². The molecule has 0 saturated heterocycles. The molecule has 1 N–H and O–H groups in total. The lowest BCUT2D eigenvalue weighted by Gasteiger charge is -2.24. The van der Waals surface area contributed by atoms with E-state index in [1.807, 2.05) is 0 Å². The van der Waals surface area contributed by atoms with Crippen LogP contribution in [0.15, 0.2) is 14.1 Å².